The molecule has 0 aliphatic rings. The summed E-state index contributed by atoms with van der Waals surface area (Å²) >= 11 is 1.22. The van der Waals surface area contributed by atoms with Crippen LogP contribution in [0.1, 0.15) is 17.3 Å². The zero-order valence-corrected chi connectivity index (χ0v) is 11.9. The summed E-state index contributed by atoms with van der Waals surface area (Å²) in [5.41, 5.74) is 6.28. The molecule has 106 valence electrons. The van der Waals surface area contributed by atoms with E-state index in [0.717, 1.165) is 0 Å². The molecule has 8 heteroatoms. The average Bonchev–Trinajstić information content (AvgIpc) is 2.80. The van der Waals surface area contributed by atoms with E-state index in [2.05, 4.69) is 14.9 Å². The van der Waals surface area contributed by atoms with Crippen LogP contribution in [0, 0.1) is 0 Å². The number of carbonyl (C=O) groups is 1. The zero-order valence-electron chi connectivity index (χ0n) is 11.0. The SMILES string of the molecule is CCn1c(Sc2cccc(C(=O)OC)c2N)n[nH]c1=O. The summed E-state index contributed by atoms with van der Waals surface area (Å²) in [6, 6.07) is 5.04. The number of ether oxygens (including phenoxy) is 1. The Bertz CT molecular complexity index is 692. The summed E-state index contributed by atoms with van der Waals surface area (Å²) in [5.74, 6) is -0.500. The molecule has 3 N–H and O–H groups in total. The van der Waals surface area contributed by atoms with Crippen molar-refractivity contribution in [3.63, 3.8) is 0 Å². The molecule has 0 aliphatic heterocycles. The van der Waals surface area contributed by atoms with Gasteiger partial charge < -0.3 is 10.5 Å². The van der Waals surface area contributed by atoms with Gasteiger partial charge in [0.1, 0.15) is 0 Å². The van der Waals surface area contributed by atoms with Gasteiger partial charge in [-0.25, -0.2) is 14.7 Å². The number of aromatic amines is 1. The molecular weight excluding hydrogens is 280 g/mol. The largest absolute Gasteiger partial charge is 0.465 e. The summed E-state index contributed by atoms with van der Waals surface area (Å²) < 4.78 is 6.15. The number of para-hydroxylation sites is 1. The number of hydrogen-bond acceptors (Lipinski definition) is 6. The molecule has 0 atom stereocenters. The summed E-state index contributed by atoms with van der Waals surface area (Å²) in [7, 11) is 1.30. The second kappa shape index (κ2) is 5.83. The van der Waals surface area contributed by atoms with E-state index in [0.29, 0.717) is 27.8 Å². The van der Waals surface area contributed by atoms with Gasteiger partial charge in [-0.05, 0) is 30.8 Å². The van der Waals surface area contributed by atoms with Crippen LogP contribution in [-0.2, 0) is 11.3 Å². The van der Waals surface area contributed by atoms with Gasteiger partial charge in [-0.3, -0.25) is 4.57 Å². The molecule has 0 radical (unpaired) electrons. The molecule has 0 fully saturated rings. The Hall–Kier alpha value is -2.22. The van der Waals surface area contributed by atoms with Gasteiger partial charge in [0.05, 0.1) is 18.4 Å². The van der Waals surface area contributed by atoms with Gasteiger partial charge in [-0.2, -0.15) is 0 Å². The lowest BCUT2D eigenvalue weighted by atomic mass is 10.2. The lowest BCUT2D eigenvalue weighted by Crippen LogP contribution is -2.16. The fourth-order valence-electron chi connectivity index (χ4n) is 1.68. The Morgan fingerprint density at radius 3 is 2.95 bits per heavy atom. The van der Waals surface area contributed by atoms with E-state index >= 15 is 0 Å². The van der Waals surface area contributed by atoms with E-state index in [1.54, 1.807) is 18.2 Å². The standard InChI is InChI=1S/C12H14N4O3S/c1-3-16-11(18)14-15-12(16)20-8-6-4-5-7(9(8)13)10(17)19-2/h4-6H,3,13H2,1-2H3,(H,14,18). The van der Waals surface area contributed by atoms with Crippen molar-refractivity contribution in [2.24, 2.45) is 0 Å². The maximum atomic E-state index is 11.6. The first-order valence-corrected chi connectivity index (χ1v) is 6.70. The molecule has 0 aliphatic carbocycles. The number of anilines is 1. The van der Waals surface area contributed by atoms with Crippen molar-refractivity contribution in [3.05, 3.63) is 34.2 Å². The lowest BCUT2D eigenvalue weighted by Gasteiger charge is -2.08. The highest BCUT2D eigenvalue weighted by molar-refractivity contribution is 7.99. The highest BCUT2D eigenvalue weighted by Gasteiger charge is 2.16. The molecular formula is C12H14N4O3S. The zero-order chi connectivity index (χ0) is 14.7. The van der Waals surface area contributed by atoms with E-state index in [-0.39, 0.29) is 5.69 Å². The third-order valence-corrected chi connectivity index (χ3v) is 3.78. The van der Waals surface area contributed by atoms with E-state index in [9.17, 15) is 9.59 Å². The third-order valence-electron chi connectivity index (χ3n) is 2.71. The summed E-state index contributed by atoms with van der Waals surface area (Å²) in [5, 5.41) is 6.81. The van der Waals surface area contributed by atoms with Crippen LogP contribution in [0.4, 0.5) is 5.69 Å². The number of nitrogens with two attached hydrogens (primary N) is 1. The molecule has 0 amide bonds. The predicted molar refractivity (Wildman–Crippen MR) is 74.8 cm³/mol. The van der Waals surface area contributed by atoms with Gasteiger partial charge in [0, 0.05) is 11.4 Å². The summed E-state index contributed by atoms with van der Waals surface area (Å²) in [6.45, 7) is 2.34. The first-order chi connectivity index (χ1) is 9.58. The third kappa shape index (κ3) is 2.55. The molecule has 1 aromatic carbocycles. The Balaban J connectivity index is 2.39. The van der Waals surface area contributed by atoms with Crippen molar-refractivity contribution < 1.29 is 9.53 Å². The summed E-state index contributed by atoms with van der Waals surface area (Å²) in [4.78, 5) is 23.7. The number of H-pyrrole nitrogens is 1. The number of benzene rings is 1. The maximum Gasteiger partial charge on any atom is 0.343 e. The average molecular weight is 294 g/mol. The minimum absolute atomic E-state index is 0.280. The Morgan fingerprint density at radius 1 is 1.55 bits per heavy atom. The molecule has 2 rings (SSSR count). The monoisotopic (exact) mass is 294 g/mol. The van der Waals surface area contributed by atoms with Crippen molar-refractivity contribution in [2.45, 2.75) is 23.5 Å². The van der Waals surface area contributed by atoms with Crippen molar-refractivity contribution in [2.75, 3.05) is 12.8 Å². The number of methoxy groups -OCH3 is 1. The number of nitrogens with zero attached hydrogens (tertiary/aromatic N) is 2. The van der Waals surface area contributed by atoms with Gasteiger partial charge in [-0.15, -0.1) is 5.10 Å². The fraction of sp³-hybridized carbons (Fsp3) is 0.250. The highest BCUT2D eigenvalue weighted by Crippen LogP contribution is 2.32. The molecule has 0 saturated carbocycles. The Kier molecular flexibility index (Phi) is 4.14. The number of rotatable bonds is 4. The smallest absolute Gasteiger partial charge is 0.343 e. The van der Waals surface area contributed by atoms with E-state index in [1.807, 2.05) is 6.92 Å². The van der Waals surface area contributed by atoms with Crippen molar-refractivity contribution >= 4 is 23.4 Å². The van der Waals surface area contributed by atoms with Crippen LogP contribution in [0.3, 0.4) is 0 Å². The molecule has 0 bridgehead atoms. The van der Waals surface area contributed by atoms with Gasteiger partial charge in [-0.1, -0.05) is 6.07 Å². The van der Waals surface area contributed by atoms with E-state index < -0.39 is 5.97 Å². The topological polar surface area (TPSA) is 103 Å². The molecule has 20 heavy (non-hydrogen) atoms. The Morgan fingerprint density at radius 2 is 2.30 bits per heavy atom. The second-order valence-corrected chi connectivity index (χ2v) is 4.88. The van der Waals surface area contributed by atoms with Gasteiger partial charge in [0.25, 0.3) is 0 Å². The molecule has 1 heterocycles. The van der Waals surface area contributed by atoms with Crippen LogP contribution in [0.2, 0.25) is 0 Å². The fourth-order valence-corrected chi connectivity index (χ4v) is 2.66. The van der Waals surface area contributed by atoms with Crippen LogP contribution >= 0.6 is 11.8 Å². The summed E-state index contributed by atoms with van der Waals surface area (Å²) in [6.07, 6.45) is 0. The molecule has 7 nitrogen and oxygen atoms in total. The normalized spacial score (nSPS) is 10.5. The second-order valence-electron chi connectivity index (χ2n) is 3.87. The van der Waals surface area contributed by atoms with Crippen LogP contribution in [0.25, 0.3) is 0 Å². The van der Waals surface area contributed by atoms with Crippen LogP contribution in [-0.4, -0.2) is 27.8 Å². The van der Waals surface area contributed by atoms with Crippen LogP contribution in [0.15, 0.2) is 33.0 Å². The predicted octanol–water partition coefficient (Wildman–Crippen LogP) is 1.11. The highest BCUT2D eigenvalue weighted by atomic mass is 32.2. The first-order valence-electron chi connectivity index (χ1n) is 5.88. The van der Waals surface area contributed by atoms with Gasteiger partial charge in [0.15, 0.2) is 5.16 Å². The molecule has 0 spiro atoms. The molecule has 1 aromatic heterocycles. The maximum absolute atomic E-state index is 11.6. The Labute approximate surface area is 119 Å². The van der Waals surface area contributed by atoms with Gasteiger partial charge >= 0.3 is 11.7 Å². The van der Waals surface area contributed by atoms with Gasteiger partial charge in [0.2, 0.25) is 0 Å². The van der Waals surface area contributed by atoms with Crippen molar-refractivity contribution in [1.29, 1.82) is 0 Å². The number of carbonyl (C=O) groups excluding carboxylic acids is 1. The number of nitrogens with one attached hydrogen (secondary N) is 1. The molecule has 0 saturated heterocycles. The molecule has 0 unspecified atom stereocenters. The number of aromatic nitrogens is 3. The minimum atomic E-state index is -0.500. The van der Waals surface area contributed by atoms with E-state index in [1.165, 1.54) is 23.4 Å². The quantitative estimate of drug-likeness (QED) is 0.647. The van der Waals surface area contributed by atoms with Crippen molar-refractivity contribution in [1.82, 2.24) is 14.8 Å². The molecule has 2 aromatic rings. The number of esters is 1. The first kappa shape index (κ1) is 14.2. The lowest BCUT2D eigenvalue weighted by molar-refractivity contribution is 0.0601. The van der Waals surface area contributed by atoms with Crippen LogP contribution in [0.5, 0.6) is 0 Å². The van der Waals surface area contributed by atoms with E-state index in [4.69, 9.17) is 5.73 Å². The van der Waals surface area contributed by atoms with Crippen LogP contribution < -0.4 is 11.4 Å². The number of nitrogen functional groups attached to an aromatic ring is 1. The number of hydrogen-bond donors (Lipinski definition) is 2. The minimum Gasteiger partial charge on any atom is -0.465 e. The van der Waals surface area contributed by atoms with Crippen molar-refractivity contribution in [3.8, 4) is 0 Å².